The van der Waals surface area contributed by atoms with Gasteiger partial charge in [0, 0.05) is 40.8 Å². The maximum Gasteiger partial charge on any atom is 0.258 e. The molecule has 0 spiro atoms. The van der Waals surface area contributed by atoms with Gasteiger partial charge in [-0.15, -0.1) is 11.8 Å². The van der Waals surface area contributed by atoms with Crippen molar-refractivity contribution >= 4 is 23.4 Å². The molecule has 1 heterocycles. The summed E-state index contributed by atoms with van der Waals surface area (Å²) in [5, 5.41) is 9.00. The Balaban J connectivity index is 1.71. The van der Waals surface area contributed by atoms with Crippen molar-refractivity contribution in [2.45, 2.75) is 24.0 Å². The summed E-state index contributed by atoms with van der Waals surface area (Å²) in [7, 11) is 0. The Morgan fingerprint density at radius 2 is 1.90 bits per heavy atom. The highest BCUT2D eigenvalue weighted by molar-refractivity contribution is 7.98. The van der Waals surface area contributed by atoms with Gasteiger partial charge in [-0.1, -0.05) is 6.07 Å². The van der Waals surface area contributed by atoms with Crippen molar-refractivity contribution in [1.29, 1.82) is 5.26 Å². The number of thioether (sulfide) groups is 1. The highest BCUT2D eigenvalue weighted by Crippen LogP contribution is 2.25. The molecule has 0 saturated heterocycles. The van der Waals surface area contributed by atoms with Gasteiger partial charge in [-0.05, 0) is 67.1 Å². The van der Waals surface area contributed by atoms with Crippen LogP contribution in [0.4, 0.5) is 5.69 Å². The van der Waals surface area contributed by atoms with Gasteiger partial charge in [0.15, 0.2) is 0 Å². The number of ether oxygens (including phenoxy) is 1. The van der Waals surface area contributed by atoms with Crippen LogP contribution in [-0.4, -0.2) is 24.0 Å². The van der Waals surface area contributed by atoms with E-state index in [4.69, 9.17) is 10.00 Å². The van der Waals surface area contributed by atoms with Crippen molar-refractivity contribution in [3.63, 3.8) is 0 Å². The predicted octanol–water partition coefficient (Wildman–Crippen LogP) is 5.33. The topological polar surface area (TPSA) is 66.2 Å². The lowest BCUT2D eigenvalue weighted by Crippen LogP contribution is -2.31. The number of nitriles is 1. The average Bonchev–Trinajstić information content (AvgIpc) is 2.80. The minimum Gasteiger partial charge on any atom is -0.494 e. The fourth-order valence-corrected chi connectivity index (χ4v) is 3.73. The van der Waals surface area contributed by atoms with Crippen LogP contribution in [-0.2, 0) is 5.75 Å². The van der Waals surface area contributed by atoms with Crippen LogP contribution in [0.5, 0.6) is 5.75 Å². The van der Waals surface area contributed by atoms with Crippen LogP contribution in [0.3, 0.4) is 0 Å². The number of carbonyl (C=O) groups excluding carboxylic acids is 1. The van der Waals surface area contributed by atoms with Crippen LogP contribution in [0, 0.1) is 11.3 Å². The highest BCUT2D eigenvalue weighted by Gasteiger charge is 2.17. The van der Waals surface area contributed by atoms with Crippen LogP contribution in [0.25, 0.3) is 0 Å². The summed E-state index contributed by atoms with van der Waals surface area (Å²) in [5.41, 5.74) is 2.49. The second kappa shape index (κ2) is 11.0. The molecular formula is C24H23N3O2S. The highest BCUT2D eigenvalue weighted by atomic mass is 32.2. The molecule has 0 aliphatic carbocycles. The van der Waals surface area contributed by atoms with Crippen LogP contribution in [0.1, 0.15) is 29.3 Å². The van der Waals surface area contributed by atoms with Crippen molar-refractivity contribution in [1.82, 2.24) is 4.98 Å². The van der Waals surface area contributed by atoms with Gasteiger partial charge >= 0.3 is 0 Å². The van der Waals surface area contributed by atoms with E-state index < -0.39 is 0 Å². The van der Waals surface area contributed by atoms with Crippen LogP contribution >= 0.6 is 11.8 Å². The number of rotatable bonds is 9. The molecule has 3 rings (SSSR count). The van der Waals surface area contributed by atoms with E-state index in [0.717, 1.165) is 27.6 Å². The lowest BCUT2D eigenvalue weighted by Gasteiger charge is -2.22. The SMILES string of the molecule is CCOc1ccc(N(CCC#N)C(=O)c2ccc(SCc3cccnc3)cc2)cc1. The normalized spacial score (nSPS) is 10.3. The number of pyridine rings is 1. The van der Waals surface area contributed by atoms with E-state index in [9.17, 15) is 4.79 Å². The molecule has 0 aliphatic rings. The smallest absolute Gasteiger partial charge is 0.258 e. The number of hydrogen-bond acceptors (Lipinski definition) is 5. The molecule has 6 heteroatoms. The molecule has 0 N–H and O–H groups in total. The summed E-state index contributed by atoms with van der Waals surface area (Å²) in [4.78, 5) is 20.0. The zero-order valence-electron chi connectivity index (χ0n) is 16.8. The average molecular weight is 418 g/mol. The third-order valence-corrected chi connectivity index (χ3v) is 5.46. The summed E-state index contributed by atoms with van der Waals surface area (Å²) >= 11 is 1.70. The van der Waals surface area contributed by atoms with Gasteiger partial charge in [0.1, 0.15) is 5.75 Å². The molecule has 0 aliphatic heterocycles. The molecule has 1 amide bonds. The molecule has 0 radical (unpaired) electrons. The quantitative estimate of drug-likeness (QED) is 0.440. The Morgan fingerprint density at radius 3 is 2.53 bits per heavy atom. The lowest BCUT2D eigenvalue weighted by molar-refractivity contribution is 0.0987. The minimum atomic E-state index is -0.127. The summed E-state index contributed by atoms with van der Waals surface area (Å²) in [6.45, 7) is 2.84. The zero-order valence-corrected chi connectivity index (χ0v) is 17.6. The molecule has 0 fully saturated rings. The molecule has 1 aromatic heterocycles. The van der Waals surface area contributed by atoms with Crippen molar-refractivity contribution in [2.24, 2.45) is 0 Å². The Kier molecular flexibility index (Phi) is 7.87. The number of anilines is 1. The maximum absolute atomic E-state index is 13.1. The third kappa shape index (κ3) is 5.85. The summed E-state index contributed by atoms with van der Waals surface area (Å²) in [6, 6.07) is 21.0. The van der Waals surface area contributed by atoms with Crippen LogP contribution < -0.4 is 9.64 Å². The second-order valence-corrected chi connectivity index (χ2v) is 7.51. The molecule has 152 valence electrons. The van der Waals surface area contributed by atoms with Gasteiger partial charge in [0.25, 0.3) is 5.91 Å². The fourth-order valence-electron chi connectivity index (χ4n) is 2.90. The number of hydrogen-bond donors (Lipinski definition) is 0. The Morgan fingerprint density at radius 1 is 1.13 bits per heavy atom. The maximum atomic E-state index is 13.1. The van der Waals surface area contributed by atoms with Crippen molar-refractivity contribution < 1.29 is 9.53 Å². The van der Waals surface area contributed by atoms with Crippen LogP contribution in [0.2, 0.25) is 0 Å². The van der Waals surface area contributed by atoms with E-state index in [2.05, 4.69) is 11.1 Å². The number of carbonyl (C=O) groups is 1. The molecule has 2 aromatic carbocycles. The largest absolute Gasteiger partial charge is 0.494 e. The van der Waals surface area contributed by atoms with E-state index in [1.165, 1.54) is 0 Å². The first kappa shape index (κ1) is 21.4. The lowest BCUT2D eigenvalue weighted by atomic mass is 10.1. The Hall–Kier alpha value is -3.30. The summed E-state index contributed by atoms with van der Waals surface area (Å²) in [6.07, 6.45) is 3.88. The summed E-state index contributed by atoms with van der Waals surface area (Å²) in [5.74, 6) is 1.45. The number of benzene rings is 2. The molecule has 0 unspecified atom stereocenters. The van der Waals surface area contributed by atoms with Crippen molar-refractivity contribution in [3.8, 4) is 11.8 Å². The number of nitrogens with zero attached hydrogens (tertiary/aromatic N) is 3. The molecular weight excluding hydrogens is 394 g/mol. The van der Waals surface area contributed by atoms with Gasteiger partial charge in [-0.25, -0.2) is 0 Å². The van der Waals surface area contributed by atoms with Gasteiger partial charge in [0.05, 0.1) is 19.1 Å². The fraction of sp³-hybridized carbons (Fsp3) is 0.208. The van der Waals surface area contributed by atoms with E-state index >= 15 is 0 Å². The zero-order chi connectivity index (χ0) is 21.2. The standard InChI is InChI=1S/C24H23N3O2S/c1-2-29-22-10-8-21(9-11-22)27(16-4-14-25)24(28)20-6-12-23(13-7-20)30-18-19-5-3-15-26-17-19/h3,5-13,15,17H,2,4,16,18H2,1H3. The number of aromatic nitrogens is 1. The van der Waals surface area contributed by atoms with E-state index in [-0.39, 0.29) is 12.3 Å². The first-order valence-corrected chi connectivity index (χ1v) is 10.7. The van der Waals surface area contributed by atoms with Gasteiger partial charge in [-0.2, -0.15) is 5.26 Å². The Bertz CT molecular complexity index is 984. The second-order valence-electron chi connectivity index (χ2n) is 6.47. The Labute approximate surface area is 181 Å². The molecule has 0 atom stereocenters. The minimum absolute atomic E-state index is 0.127. The monoisotopic (exact) mass is 417 g/mol. The predicted molar refractivity (Wildman–Crippen MR) is 120 cm³/mol. The molecule has 0 bridgehead atoms. The molecule has 3 aromatic rings. The molecule has 0 saturated carbocycles. The van der Waals surface area contributed by atoms with Crippen molar-refractivity contribution in [2.75, 3.05) is 18.1 Å². The van der Waals surface area contributed by atoms with E-state index in [1.807, 2.05) is 73.8 Å². The summed E-state index contributed by atoms with van der Waals surface area (Å²) < 4.78 is 5.47. The van der Waals surface area contributed by atoms with Crippen molar-refractivity contribution in [3.05, 3.63) is 84.2 Å². The van der Waals surface area contributed by atoms with Gasteiger partial charge < -0.3 is 9.64 Å². The molecule has 5 nitrogen and oxygen atoms in total. The van der Waals surface area contributed by atoms with Crippen LogP contribution in [0.15, 0.2) is 78.0 Å². The third-order valence-electron chi connectivity index (χ3n) is 4.38. The van der Waals surface area contributed by atoms with Gasteiger partial charge in [0.2, 0.25) is 0 Å². The number of amides is 1. The molecule has 30 heavy (non-hydrogen) atoms. The van der Waals surface area contributed by atoms with E-state index in [1.54, 1.807) is 22.9 Å². The van der Waals surface area contributed by atoms with E-state index in [0.29, 0.717) is 18.7 Å². The first-order chi connectivity index (χ1) is 14.7. The van der Waals surface area contributed by atoms with Gasteiger partial charge in [-0.3, -0.25) is 9.78 Å². The first-order valence-electron chi connectivity index (χ1n) is 9.74.